The van der Waals surface area contributed by atoms with Crippen LogP contribution in [-0.2, 0) is 17.8 Å². The highest BCUT2D eigenvalue weighted by molar-refractivity contribution is 5.76. The van der Waals surface area contributed by atoms with Gasteiger partial charge in [-0.2, -0.15) is 10.1 Å². The Morgan fingerprint density at radius 3 is 2.87 bits per heavy atom. The molecule has 1 aliphatic rings. The lowest BCUT2D eigenvalue weighted by atomic mass is 10.0. The molecule has 1 atom stereocenters. The van der Waals surface area contributed by atoms with E-state index in [9.17, 15) is 4.79 Å². The lowest BCUT2D eigenvalue weighted by molar-refractivity contribution is -0.136. The predicted octanol–water partition coefficient (Wildman–Crippen LogP) is 2.20. The topological polar surface area (TPSA) is 77.0 Å². The van der Waals surface area contributed by atoms with Crippen molar-refractivity contribution in [2.45, 2.75) is 59.0 Å². The monoisotopic (exact) mass is 317 g/mol. The van der Waals surface area contributed by atoms with Crippen molar-refractivity contribution < 1.29 is 9.32 Å². The maximum absolute atomic E-state index is 12.8. The van der Waals surface area contributed by atoms with Crippen molar-refractivity contribution in [2.75, 3.05) is 6.54 Å². The number of carbonyl (C=O) groups is 1. The number of aromatic nitrogens is 4. The Balaban J connectivity index is 1.77. The third-order valence-electron chi connectivity index (χ3n) is 4.30. The smallest absolute Gasteiger partial charge is 0.249 e. The molecule has 7 nitrogen and oxygen atoms in total. The molecule has 0 N–H and O–H groups in total. The number of hydrogen-bond donors (Lipinski definition) is 0. The van der Waals surface area contributed by atoms with E-state index in [0.29, 0.717) is 11.7 Å². The van der Waals surface area contributed by atoms with Crippen LogP contribution in [0, 0.1) is 13.8 Å². The van der Waals surface area contributed by atoms with Gasteiger partial charge in [0.05, 0.1) is 5.69 Å². The van der Waals surface area contributed by atoms with Crippen LogP contribution in [0.1, 0.15) is 55.3 Å². The Labute approximate surface area is 135 Å². The largest absolute Gasteiger partial charge is 0.337 e. The van der Waals surface area contributed by atoms with Crippen LogP contribution in [0.5, 0.6) is 0 Å². The van der Waals surface area contributed by atoms with Gasteiger partial charge in [-0.3, -0.25) is 9.48 Å². The molecule has 1 saturated heterocycles. The minimum atomic E-state index is -0.110. The molecule has 1 aliphatic heterocycles. The summed E-state index contributed by atoms with van der Waals surface area (Å²) >= 11 is 0. The average Bonchev–Trinajstić information content (AvgIpc) is 3.14. The van der Waals surface area contributed by atoms with Crippen LogP contribution in [0.4, 0.5) is 0 Å². The molecule has 23 heavy (non-hydrogen) atoms. The van der Waals surface area contributed by atoms with E-state index in [0.717, 1.165) is 43.6 Å². The van der Waals surface area contributed by atoms with Crippen LogP contribution < -0.4 is 0 Å². The number of rotatable bonds is 4. The highest BCUT2D eigenvalue weighted by atomic mass is 16.5. The molecular weight excluding hydrogens is 294 g/mol. The summed E-state index contributed by atoms with van der Waals surface area (Å²) in [4.78, 5) is 19.1. The van der Waals surface area contributed by atoms with Crippen LogP contribution in [0.15, 0.2) is 10.6 Å². The van der Waals surface area contributed by atoms with Crippen LogP contribution in [0.25, 0.3) is 0 Å². The molecule has 124 valence electrons. The third kappa shape index (κ3) is 3.28. The van der Waals surface area contributed by atoms with Gasteiger partial charge in [0, 0.05) is 18.7 Å². The number of likely N-dealkylation sites (tertiary alicyclic amines) is 1. The maximum atomic E-state index is 12.8. The van der Waals surface area contributed by atoms with Gasteiger partial charge in [0.1, 0.15) is 12.6 Å². The Morgan fingerprint density at radius 2 is 2.22 bits per heavy atom. The molecule has 2 aromatic heterocycles. The summed E-state index contributed by atoms with van der Waals surface area (Å²) < 4.78 is 7.13. The van der Waals surface area contributed by atoms with Gasteiger partial charge in [0.2, 0.25) is 11.8 Å². The molecule has 7 heteroatoms. The zero-order chi connectivity index (χ0) is 16.4. The quantitative estimate of drug-likeness (QED) is 0.864. The van der Waals surface area contributed by atoms with E-state index in [1.165, 1.54) is 0 Å². The zero-order valence-electron chi connectivity index (χ0n) is 13.9. The van der Waals surface area contributed by atoms with E-state index in [2.05, 4.69) is 15.2 Å². The minimum Gasteiger partial charge on any atom is -0.337 e. The van der Waals surface area contributed by atoms with Crippen molar-refractivity contribution in [3.63, 3.8) is 0 Å². The second kappa shape index (κ2) is 6.52. The summed E-state index contributed by atoms with van der Waals surface area (Å²) in [5.74, 6) is 1.30. The summed E-state index contributed by atoms with van der Waals surface area (Å²) in [6.45, 7) is 6.87. The second-order valence-electron chi connectivity index (χ2n) is 6.09. The fourth-order valence-electron chi connectivity index (χ4n) is 3.09. The van der Waals surface area contributed by atoms with Gasteiger partial charge >= 0.3 is 0 Å². The molecule has 1 amide bonds. The number of piperidine rings is 1. The Kier molecular flexibility index (Phi) is 4.45. The van der Waals surface area contributed by atoms with E-state index in [1.807, 2.05) is 31.7 Å². The summed E-state index contributed by atoms with van der Waals surface area (Å²) in [5.41, 5.74) is 1.92. The van der Waals surface area contributed by atoms with Crippen molar-refractivity contribution in [1.82, 2.24) is 24.8 Å². The van der Waals surface area contributed by atoms with Crippen LogP contribution in [0.3, 0.4) is 0 Å². The number of aryl methyl sites for hydroxylation is 3. The van der Waals surface area contributed by atoms with E-state index >= 15 is 0 Å². The highest BCUT2D eigenvalue weighted by Gasteiger charge is 2.32. The average molecular weight is 317 g/mol. The zero-order valence-corrected chi connectivity index (χ0v) is 13.9. The van der Waals surface area contributed by atoms with Crippen molar-refractivity contribution in [3.05, 3.63) is 29.2 Å². The van der Waals surface area contributed by atoms with E-state index < -0.39 is 0 Å². The van der Waals surface area contributed by atoms with Crippen LogP contribution in [-0.4, -0.2) is 37.3 Å². The van der Waals surface area contributed by atoms with Crippen LogP contribution >= 0.6 is 0 Å². The molecule has 1 fully saturated rings. The fourth-order valence-corrected chi connectivity index (χ4v) is 3.09. The SMILES string of the molecule is CCc1noc([C@@H]2CCCCN2C(=O)Cn2nc(C)cc2C)n1. The van der Waals surface area contributed by atoms with Crippen molar-refractivity contribution in [2.24, 2.45) is 0 Å². The fraction of sp³-hybridized carbons (Fsp3) is 0.625. The Hall–Kier alpha value is -2.18. The van der Waals surface area contributed by atoms with Gasteiger partial charge in [0.25, 0.3) is 0 Å². The summed E-state index contributed by atoms with van der Waals surface area (Å²) in [7, 11) is 0. The third-order valence-corrected chi connectivity index (χ3v) is 4.30. The molecule has 0 bridgehead atoms. The van der Waals surface area contributed by atoms with Crippen LogP contribution in [0.2, 0.25) is 0 Å². The number of hydrogen-bond acceptors (Lipinski definition) is 5. The maximum Gasteiger partial charge on any atom is 0.249 e. The molecule has 3 rings (SSSR count). The van der Waals surface area contributed by atoms with Gasteiger partial charge in [0.15, 0.2) is 5.82 Å². The highest BCUT2D eigenvalue weighted by Crippen LogP contribution is 2.30. The van der Waals surface area contributed by atoms with Gasteiger partial charge in [-0.25, -0.2) is 0 Å². The van der Waals surface area contributed by atoms with Crippen molar-refractivity contribution >= 4 is 5.91 Å². The molecule has 0 aromatic carbocycles. The Morgan fingerprint density at radius 1 is 1.39 bits per heavy atom. The lowest BCUT2D eigenvalue weighted by Gasteiger charge is -2.33. The molecule has 0 spiro atoms. The number of amides is 1. The molecular formula is C16H23N5O2. The summed E-state index contributed by atoms with van der Waals surface area (Å²) in [5, 5.41) is 8.34. The standard InChI is InChI=1S/C16H23N5O2/c1-4-14-17-16(23-19-14)13-7-5-6-8-20(13)15(22)10-21-12(3)9-11(2)18-21/h9,13H,4-8,10H2,1-3H3/t13-/m0/s1. The number of nitrogens with zero attached hydrogens (tertiary/aromatic N) is 5. The Bertz CT molecular complexity index is 690. The van der Waals surface area contributed by atoms with Gasteiger partial charge in [-0.05, 0) is 39.2 Å². The van der Waals surface area contributed by atoms with Gasteiger partial charge in [-0.1, -0.05) is 12.1 Å². The van der Waals surface area contributed by atoms with Crippen molar-refractivity contribution in [3.8, 4) is 0 Å². The first-order valence-corrected chi connectivity index (χ1v) is 8.21. The minimum absolute atomic E-state index is 0.0529. The lowest BCUT2D eigenvalue weighted by Crippen LogP contribution is -2.40. The van der Waals surface area contributed by atoms with E-state index in [1.54, 1.807) is 4.68 Å². The summed E-state index contributed by atoms with van der Waals surface area (Å²) in [6, 6.07) is 1.87. The van der Waals surface area contributed by atoms with E-state index in [4.69, 9.17) is 4.52 Å². The molecule has 3 heterocycles. The molecule has 0 unspecified atom stereocenters. The molecule has 0 aliphatic carbocycles. The first kappa shape index (κ1) is 15.7. The van der Waals surface area contributed by atoms with Gasteiger partial charge in [-0.15, -0.1) is 0 Å². The molecule has 0 saturated carbocycles. The first-order chi connectivity index (χ1) is 11.1. The second-order valence-corrected chi connectivity index (χ2v) is 6.09. The van der Waals surface area contributed by atoms with Gasteiger partial charge < -0.3 is 9.42 Å². The van der Waals surface area contributed by atoms with E-state index in [-0.39, 0.29) is 18.5 Å². The predicted molar refractivity (Wildman–Crippen MR) is 83.7 cm³/mol. The normalized spacial score (nSPS) is 18.4. The summed E-state index contributed by atoms with van der Waals surface area (Å²) in [6.07, 6.45) is 3.68. The van der Waals surface area contributed by atoms with Crippen molar-refractivity contribution in [1.29, 1.82) is 0 Å². The molecule has 2 aromatic rings. The molecule has 0 radical (unpaired) electrons. The number of carbonyl (C=O) groups excluding carboxylic acids is 1. The first-order valence-electron chi connectivity index (χ1n) is 8.21.